The first-order valence-corrected chi connectivity index (χ1v) is 8.65. The van der Waals surface area contributed by atoms with E-state index in [1.807, 2.05) is 24.8 Å². The highest BCUT2D eigenvalue weighted by molar-refractivity contribution is 5.95. The molecule has 24 heavy (non-hydrogen) atoms. The van der Waals surface area contributed by atoms with Crippen LogP contribution >= 0.6 is 0 Å². The van der Waals surface area contributed by atoms with Crippen molar-refractivity contribution in [2.75, 3.05) is 13.1 Å². The van der Waals surface area contributed by atoms with E-state index in [-0.39, 0.29) is 5.91 Å². The van der Waals surface area contributed by atoms with E-state index in [2.05, 4.69) is 22.0 Å². The largest absolute Gasteiger partial charge is 0.469 e. The summed E-state index contributed by atoms with van der Waals surface area (Å²) in [6.07, 6.45) is 3.68. The first-order valence-electron chi connectivity index (χ1n) is 8.65. The zero-order chi connectivity index (χ0) is 16.7. The Kier molecular flexibility index (Phi) is 3.88. The monoisotopic (exact) mass is 325 g/mol. The summed E-state index contributed by atoms with van der Waals surface area (Å²) in [6, 6.07) is 8.73. The molecule has 1 amide bonds. The number of hydrogen-bond donors (Lipinski definition) is 0. The summed E-state index contributed by atoms with van der Waals surface area (Å²) in [7, 11) is 0. The van der Waals surface area contributed by atoms with Crippen LogP contribution < -0.4 is 0 Å². The number of hydrogen-bond acceptors (Lipinski definition) is 4. The fourth-order valence-electron chi connectivity index (χ4n) is 4.18. The Hall–Kier alpha value is -2.14. The van der Waals surface area contributed by atoms with Crippen molar-refractivity contribution in [2.45, 2.75) is 45.3 Å². The van der Waals surface area contributed by atoms with Crippen LogP contribution in [0.15, 0.2) is 34.9 Å². The van der Waals surface area contributed by atoms with E-state index in [0.717, 1.165) is 43.9 Å². The molecule has 5 nitrogen and oxygen atoms in total. The summed E-state index contributed by atoms with van der Waals surface area (Å²) < 4.78 is 5.30. The van der Waals surface area contributed by atoms with Gasteiger partial charge in [0.25, 0.3) is 5.91 Å². The Labute approximate surface area is 142 Å². The van der Waals surface area contributed by atoms with Gasteiger partial charge in [0.15, 0.2) is 0 Å². The molecule has 126 valence electrons. The molecular formula is C19H23N3O2. The molecule has 4 rings (SSSR count). The summed E-state index contributed by atoms with van der Waals surface area (Å²) in [5.74, 6) is 0.826. The molecule has 4 heterocycles. The smallest absolute Gasteiger partial charge is 0.257 e. The number of rotatable bonds is 3. The molecule has 2 aliphatic rings. The molecule has 0 saturated carbocycles. The second-order valence-corrected chi connectivity index (χ2v) is 6.84. The summed E-state index contributed by atoms with van der Waals surface area (Å²) in [5, 5.41) is 0. The van der Waals surface area contributed by atoms with E-state index >= 15 is 0 Å². The van der Waals surface area contributed by atoms with Gasteiger partial charge in [-0.3, -0.25) is 14.7 Å². The predicted octanol–water partition coefficient (Wildman–Crippen LogP) is 2.78. The number of aromatic nitrogens is 1. The van der Waals surface area contributed by atoms with Crippen molar-refractivity contribution >= 4 is 5.91 Å². The van der Waals surface area contributed by atoms with Crippen molar-refractivity contribution in [1.29, 1.82) is 0 Å². The molecule has 2 fully saturated rings. The Bertz CT molecular complexity index is 755. The molecule has 0 spiro atoms. The number of furan rings is 1. The van der Waals surface area contributed by atoms with Crippen LogP contribution in [0.3, 0.4) is 0 Å². The molecule has 0 radical (unpaired) electrons. The standard InChI is InChI=1S/C19H23N3O2/c1-13-4-3-5-15(20-13)12-21-9-6-18-17(21)7-10-22(18)19(23)16-8-11-24-14(16)2/h3-5,8,11,17-18H,6-7,9-10,12H2,1-2H3/t17-,18+/m0/s1. The summed E-state index contributed by atoms with van der Waals surface area (Å²) in [6.45, 7) is 6.61. The average Bonchev–Trinajstić information content (AvgIpc) is 3.24. The van der Waals surface area contributed by atoms with Crippen molar-refractivity contribution in [3.8, 4) is 0 Å². The minimum atomic E-state index is 0.115. The lowest BCUT2D eigenvalue weighted by Gasteiger charge is -2.25. The van der Waals surface area contributed by atoms with Gasteiger partial charge in [0.1, 0.15) is 5.76 Å². The third-order valence-corrected chi connectivity index (χ3v) is 5.35. The van der Waals surface area contributed by atoms with Crippen LogP contribution in [0.2, 0.25) is 0 Å². The molecular weight excluding hydrogens is 302 g/mol. The van der Waals surface area contributed by atoms with Crippen LogP contribution in [0.5, 0.6) is 0 Å². The van der Waals surface area contributed by atoms with Gasteiger partial charge in [0, 0.05) is 37.4 Å². The number of nitrogens with zero attached hydrogens (tertiary/aromatic N) is 3. The lowest BCUT2D eigenvalue weighted by Crippen LogP contribution is -2.39. The minimum absolute atomic E-state index is 0.115. The second-order valence-electron chi connectivity index (χ2n) is 6.84. The van der Waals surface area contributed by atoms with Gasteiger partial charge in [-0.1, -0.05) is 6.07 Å². The lowest BCUT2D eigenvalue weighted by molar-refractivity contribution is 0.0730. The number of fused-ring (bicyclic) bond motifs is 1. The zero-order valence-electron chi connectivity index (χ0n) is 14.2. The third kappa shape index (κ3) is 2.63. The van der Waals surface area contributed by atoms with Crippen LogP contribution in [0.25, 0.3) is 0 Å². The van der Waals surface area contributed by atoms with Crippen LogP contribution in [-0.4, -0.2) is 45.9 Å². The van der Waals surface area contributed by atoms with Crippen molar-refractivity contribution in [2.24, 2.45) is 0 Å². The SMILES string of the molecule is Cc1cccc(CN2CC[C@@H]3[C@@H]2CCN3C(=O)c2ccoc2C)n1. The Balaban J connectivity index is 1.47. The van der Waals surface area contributed by atoms with Crippen molar-refractivity contribution in [3.63, 3.8) is 0 Å². The summed E-state index contributed by atoms with van der Waals surface area (Å²) in [5.41, 5.74) is 2.88. The fraction of sp³-hybridized carbons (Fsp3) is 0.474. The highest BCUT2D eigenvalue weighted by Crippen LogP contribution is 2.33. The van der Waals surface area contributed by atoms with Crippen LogP contribution in [0, 0.1) is 13.8 Å². The van der Waals surface area contributed by atoms with Gasteiger partial charge in [0.05, 0.1) is 17.5 Å². The van der Waals surface area contributed by atoms with Gasteiger partial charge < -0.3 is 9.32 Å². The van der Waals surface area contributed by atoms with Gasteiger partial charge in [-0.25, -0.2) is 0 Å². The first-order chi connectivity index (χ1) is 11.6. The number of carbonyl (C=O) groups is 1. The van der Waals surface area contributed by atoms with Crippen molar-refractivity contribution < 1.29 is 9.21 Å². The molecule has 0 aliphatic carbocycles. The molecule has 0 unspecified atom stereocenters. The number of pyridine rings is 1. The molecule has 0 aromatic carbocycles. The van der Waals surface area contributed by atoms with Crippen LogP contribution in [0.1, 0.15) is 40.3 Å². The molecule has 0 bridgehead atoms. The van der Waals surface area contributed by atoms with E-state index in [4.69, 9.17) is 4.42 Å². The quantitative estimate of drug-likeness (QED) is 0.871. The minimum Gasteiger partial charge on any atom is -0.469 e. The average molecular weight is 325 g/mol. The highest BCUT2D eigenvalue weighted by atomic mass is 16.3. The Morgan fingerprint density at radius 1 is 1.21 bits per heavy atom. The molecule has 2 saturated heterocycles. The van der Waals surface area contributed by atoms with Crippen LogP contribution in [-0.2, 0) is 6.54 Å². The van der Waals surface area contributed by atoms with E-state index in [1.165, 1.54) is 0 Å². The van der Waals surface area contributed by atoms with E-state index in [9.17, 15) is 4.79 Å². The van der Waals surface area contributed by atoms with Gasteiger partial charge in [-0.2, -0.15) is 0 Å². The fourth-order valence-corrected chi connectivity index (χ4v) is 4.18. The Morgan fingerprint density at radius 2 is 2.04 bits per heavy atom. The third-order valence-electron chi connectivity index (χ3n) is 5.35. The molecule has 2 aromatic rings. The Morgan fingerprint density at radius 3 is 2.79 bits per heavy atom. The molecule has 2 atom stereocenters. The second kappa shape index (κ2) is 6.06. The number of likely N-dealkylation sites (tertiary alicyclic amines) is 2. The topological polar surface area (TPSA) is 49.6 Å². The van der Waals surface area contributed by atoms with E-state index in [1.54, 1.807) is 12.3 Å². The number of amides is 1. The highest BCUT2D eigenvalue weighted by Gasteiger charge is 2.44. The summed E-state index contributed by atoms with van der Waals surface area (Å²) >= 11 is 0. The molecule has 0 N–H and O–H groups in total. The van der Waals surface area contributed by atoms with Gasteiger partial charge in [-0.15, -0.1) is 0 Å². The maximum absolute atomic E-state index is 12.8. The van der Waals surface area contributed by atoms with Crippen molar-refractivity contribution in [1.82, 2.24) is 14.8 Å². The summed E-state index contributed by atoms with van der Waals surface area (Å²) in [4.78, 5) is 22.0. The zero-order valence-corrected chi connectivity index (χ0v) is 14.2. The van der Waals surface area contributed by atoms with Crippen molar-refractivity contribution in [3.05, 3.63) is 53.2 Å². The predicted molar refractivity (Wildman–Crippen MR) is 90.7 cm³/mol. The molecule has 5 heteroatoms. The maximum atomic E-state index is 12.8. The molecule has 2 aromatic heterocycles. The van der Waals surface area contributed by atoms with Crippen LogP contribution in [0.4, 0.5) is 0 Å². The number of aryl methyl sites for hydroxylation is 2. The maximum Gasteiger partial charge on any atom is 0.257 e. The van der Waals surface area contributed by atoms with E-state index < -0.39 is 0 Å². The normalized spacial score (nSPS) is 23.7. The van der Waals surface area contributed by atoms with Gasteiger partial charge in [-0.05, 0) is 44.9 Å². The number of carbonyl (C=O) groups excluding carboxylic acids is 1. The lowest BCUT2D eigenvalue weighted by atomic mass is 10.1. The van der Waals surface area contributed by atoms with E-state index in [0.29, 0.717) is 23.4 Å². The molecule has 2 aliphatic heterocycles. The van der Waals surface area contributed by atoms with Gasteiger partial charge >= 0.3 is 0 Å². The first kappa shape index (κ1) is 15.4. The van der Waals surface area contributed by atoms with Gasteiger partial charge in [0.2, 0.25) is 0 Å².